The van der Waals surface area contributed by atoms with Crippen molar-refractivity contribution in [3.8, 4) is 0 Å². The Hall–Kier alpha value is -0.770. The van der Waals surface area contributed by atoms with Crippen molar-refractivity contribution in [2.24, 2.45) is 5.73 Å². The molecule has 1 aliphatic rings. The molecule has 0 heterocycles. The molecular weight excluding hydrogens is 236 g/mol. The number of halogens is 1. The van der Waals surface area contributed by atoms with Crippen LogP contribution in [0.25, 0.3) is 0 Å². The summed E-state index contributed by atoms with van der Waals surface area (Å²) in [6.07, 6.45) is 2.29. The highest BCUT2D eigenvalue weighted by atomic mass is 35.5. The van der Waals surface area contributed by atoms with Crippen molar-refractivity contribution in [2.45, 2.75) is 31.4 Å². The van der Waals surface area contributed by atoms with Crippen LogP contribution in [0.1, 0.15) is 19.8 Å². The monoisotopic (exact) mass is 254 g/mol. The maximum atomic E-state index is 5.86. The molecule has 2 rings (SSSR count). The third kappa shape index (κ3) is 2.92. The van der Waals surface area contributed by atoms with Crippen LogP contribution in [0.2, 0.25) is 5.02 Å². The summed E-state index contributed by atoms with van der Waals surface area (Å²) in [5.74, 6) is 0. The van der Waals surface area contributed by atoms with Crippen molar-refractivity contribution in [1.29, 1.82) is 0 Å². The minimum Gasteiger partial charge on any atom is -0.378 e. The van der Waals surface area contributed by atoms with E-state index in [-0.39, 0.29) is 5.54 Å². The number of ether oxygens (including phenoxy) is 1. The van der Waals surface area contributed by atoms with Gasteiger partial charge in [-0.3, -0.25) is 0 Å². The summed E-state index contributed by atoms with van der Waals surface area (Å²) >= 11 is 5.86. The van der Waals surface area contributed by atoms with Crippen molar-refractivity contribution < 1.29 is 4.74 Å². The zero-order valence-electron chi connectivity index (χ0n) is 10.1. The maximum Gasteiger partial charge on any atom is 0.0620 e. The third-order valence-corrected chi connectivity index (χ3v) is 3.54. The SMILES string of the molecule is CCOC1CC(CN)(Nc2ccc(Cl)cc2)C1. The molecular formula is C13H19ClN2O. The average Bonchev–Trinajstić information content (AvgIpc) is 2.29. The van der Waals surface area contributed by atoms with Gasteiger partial charge in [-0.1, -0.05) is 11.6 Å². The molecule has 0 amide bonds. The van der Waals surface area contributed by atoms with Crippen LogP contribution >= 0.6 is 11.6 Å². The lowest BCUT2D eigenvalue weighted by molar-refractivity contribution is -0.0271. The maximum absolute atomic E-state index is 5.86. The molecule has 3 N–H and O–H groups in total. The first-order valence-electron chi connectivity index (χ1n) is 6.03. The first kappa shape index (κ1) is 12.7. The lowest BCUT2D eigenvalue weighted by Gasteiger charge is -2.47. The fourth-order valence-electron chi connectivity index (χ4n) is 2.32. The molecule has 0 bridgehead atoms. The number of hydrogen-bond acceptors (Lipinski definition) is 3. The fourth-order valence-corrected chi connectivity index (χ4v) is 2.45. The highest BCUT2D eigenvalue weighted by Crippen LogP contribution is 2.37. The zero-order chi connectivity index (χ0) is 12.3. The van der Waals surface area contributed by atoms with Gasteiger partial charge in [-0.05, 0) is 44.0 Å². The molecule has 17 heavy (non-hydrogen) atoms. The van der Waals surface area contributed by atoms with Crippen LogP contribution in [0.3, 0.4) is 0 Å². The lowest BCUT2D eigenvalue weighted by Crippen LogP contribution is -2.58. The van der Waals surface area contributed by atoms with Crippen molar-refractivity contribution in [3.05, 3.63) is 29.3 Å². The van der Waals surface area contributed by atoms with Gasteiger partial charge in [0, 0.05) is 23.9 Å². The van der Waals surface area contributed by atoms with E-state index in [1.165, 1.54) is 0 Å². The summed E-state index contributed by atoms with van der Waals surface area (Å²) in [4.78, 5) is 0. The molecule has 1 aliphatic carbocycles. The van der Waals surface area contributed by atoms with Gasteiger partial charge in [-0.25, -0.2) is 0 Å². The van der Waals surface area contributed by atoms with E-state index >= 15 is 0 Å². The van der Waals surface area contributed by atoms with E-state index in [2.05, 4.69) is 5.32 Å². The second-order valence-electron chi connectivity index (χ2n) is 4.60. The van der Waals surface area contributed by atoms with E-state index in [9.17, 15) is 0 Å². The van der Waals surface area contributed by atoms with Crippen molar-refractivity contribution >= 4 is 17.3 Å². The Balaban J connectivity index is 1.95. The van der Waals surface area contributed by atoms with Crippen LogP contribution in [-0.2, 0) is 4.74 Å². The second kappa shape index (κ2) is 5.25. The minimum atomic E-state index is -0.00628. The van der Waals surface area contributed by atoms with Gasteiger partial charge < -0.3 is 15.8 Å². The van der Waals surface area contributed by atoms with E-state index in [4.69, 9.17) is 22.1 Å². The molecule has 4 heteroatoms. The van der Waals surface area contributed by atoms with Crippen molar-refractivity contribution in [2.75, 3.05) is 18.5 Å². The van der Waals surface area contributed by atoms with Gasteiger partial charge in [0.15, 0.2) is 0 Å². The van der Waals surface area contributed by atoms with Gasteiger partial charge >= 0.3 is 0 Å². The summed E-state index contributed by atoms with van der Waals surface area (Å²) < 4.78 is 5.58. The van der Waals surface area contributed by atoms with Gasteiger partial charge in [-0.2, -0.15) is 0 Å². The fraction of sp³-hybridized carbons (Fsp3) is 0.538. The summed E-state index contributed by atoms with van der Waals surface area (Å²) in [6.45, 7) is 3.42. The van der Waals surface area contributed by atoms with Crippen LogP contribution in [-0.4, -0.2) is 24.8 Å². The van der Waals surface area contributed by atoms with Gasteiger partial charge in [0.2, 0.25) is 0 Å². The Bertz CT molecular complexity index is 360. The summed E-state index contributed by atoms with van der Waals surface area (Å²) in [6, 6.07) is 7.72. The van der Waals surface area contributed by atoms with E-state index in [1.807, 2.05) is 31.2 Å². The number of nitrogens with two attached hydrogens (primary N) is 1. The Kier molecular flexibility index (Phi) is 3.92. The van der Waals surface area contributed by atoms with Gasteiger partial charge in [0.25, 0.3) is 0 Å². The number of anilines is 1. The molecule has 94 valence electrons. The first-order chi connectivity index (χ1) is 8.17. The van der Waals surface area contributed by atoms with E-state index in [1.54, 1.807) is 0 Å². The Morgan fingerprint density at radius 1 is 1.41 bits per heavy atom. The second-order valence-corrected chi connectivity index (χ2v) is 5.04. The van der Waals surface area contributed by atoms with E-state index < -0.39 is 0 Å². The van der Waals surface area contributed by atoms with Crippen LogP contribution in [0, 0.1) is 0 Å². The van der Waals surface area contributed by atoms with Gasteiger partial charge in [0.05, 0.1) is 11.6 Å². The lowest BCUT2D eigenvalue weighted by atomic mass is 9.74. The molecule has 0 saturated heterocycles. The Morgan fingerprint density at radius 2 is 2.06 bits per heavy atom. The smallest absolute Gasteiger partial charge is 0.0620 e. The van der Waals surface area contributed by atoms with E-state index in [0.29, 0.717) is 12.6 Å². The molecule has 0 spiro atoms. The van der Waals surface area contributed by atoms with Crippen LogP contribution in [0.5, 0.6) is 0 Å². The Morgan fingerprint density at radius 3 is 2.59 bits per heavy atom. The third-order valence-electron chi connectivity index (χ3n) is 3.28. The Labute approximate surface area is 107 Å². The van der Waals surface area contributed by atoms with Gasteiger partial charge in [-0.15, -0.1) is 0 Å². The predicted octanol–water partition coefficient (Wildman–Crippen LogP) is 2.65. The zero-order valence-corrected chi connectivity index (χ0v) is 10.8. The van der Waals surface area contributed by atoms with Crippen molar-refractivity contribution in [3.63, 3.8) is 0 Å². The predicted molar refractivity (Wildman–Crippen MR) is 71.5 cm³/mol. The molecule has 1 saturated carbocycles. The topological polar surface area (TPSA) is 47.3 Å². The summed E-state index contributed by atoms with van der Waals surface area (Å²) in [7, 11) is 0. The molecule has 1 fully saturated rings. The van der Waals surface area contributed by atoms with Crippen LogP contribution in [0.4, 0.5) is 5.69 Å². The molecule has 3 nitrogen and oxygen atoms in total. The molecule has 0 radical (unpaired) electrons. The van der Waals surface area contributed by atoms with Gasteiger partial charge in [0.1, 0.15) is 0 Å². The first-order valence-corrected chi connectivity index (χ1v) is 6.41. The van der Waals surface area contributed by atoms with Crippen LogP contribution < -0.4 is 11.1 Å². The highest BCUT2D eigenvalue weighted by Gasteiger charge is 2.43. The quantitative estimate of drug-likeness (QED) is 0.849. The van der Waals surface area contributed by atoms with Crippen LogP contribution in [0.15, 0.2) is 24.3 Å². The number of nitrogens with one attached hydrogen (secondary N) is 1. The molecule has 1 aromatic carbocycles. The number of hydrogen-bond donors (Lipinski definition) is 2. The number of rotatable bonds is 5. The molecule has 0 aliphatic heterocycles. The highest BCUT2D eigenvalue weighted by molar-refractivity contribution is 6.30. The molecule has 1 aromatic rings. The normalized spacial score (nSPS) is 27.6. The minimum absolute atomic E-state index is 0.00628. The standard InChI is InChI=1S/C13H19ClN2O/c1-2-17-12-7-13(8-12,9-15)16-11-5-3-10(14)4-6-11/h3-6,12,16H,2,7-9,15H2,1H3. The van der Waals surface area contributed by atoms with E-state index in [0.717, 1.165) is 30.2 Å². The number of benzene rings is 1. The molecule has 0 unspecified atom stereocenters. The summed E-state index contributed by atoms with van der Waals surface area (Å²) in [5.41, 5.74) is 6.92. The summed E-state index contributed by atoms with van der Waals surface area (Å²) in [5, 5.41) is 4.24. The van der Waals surface area contributed by atoms with Crippen molar-refractivity contribution in [1.82, 2.24) is 0 Å². The largest absolute Gasteiger partial charge is 0.378 e. The molecule has 0 atom stereocenters. The average molecular weight is 255 g/mol. The molecule has 0 aromatic heterocycles.